The topological polar surface area (TPSA) is 112 Å². The maximum atomic E-state index is 13.2. The highest BCUT2D eigenvalue weighted by atomic mass is 32.2. The minimum absolute atomic E-state index is 0.0222. The summed E-state index contributed by atoms with van der Waals surface area (Å²) in [6.45, 7) is 4.00. The molecule has 2 amide bonds. The number of hydrogen-bond acceptors (Lipinski definition) is 7. The van der Waals surface area contributed by atoms with E-state index in [1.54, 1.807) is 0 Å². The summed E-state index contributed by atoms with van der Waals surface area (Å²) in [7, 11) is 0. The van der Waals surface area contributed by atoms with E-state index in [9.17, 15) is 19.8 Å². The molecule has 9 heteroatoms. The van der Waals surface area contributed by atoms with Crippen molar-refractivity contribution in [2.45, 2.75) is 51.6 Å². The van der Waals surface area contributed by atoms with Crippen molar-refractivity contribution in [1.82, 2.24) is 4.98 Å². The molecule has 2 aliphatic carbocycles. The highest BCUT2D eigenvalue weighted by Gasteiger charge is 2.59. The number of aliphatic hydroxyl groups is 2. The number of amides is 2. The van der Waals surface area contributed by atoms with E-state index in [0.29, 0.717) is 23.7 Å². The molecule has 1 saturated carbocycles. The van der Waals surface area contributed by atoms with Crippen LogP contribution < -0.4 is 10.6 Å². The molecule has 5 unspecified atom stereocenters. The van der Waals surface area contributed by atoms with Crippen LogP contribution in [0.5, 0.6) is 0 Å². The second-order valence-corrected chi connectivity index (χ2v) is 11.9. The number of para-hydroxylation sites is 1. The van der Waals surface area contributed by atoms with Gasteiger partial charge < -0.3 is 20.8 Å². The first-order chi connectivity index (χ1) is 16.2. The van der Waals surface area contributed by atoms with Gasteiger partial charge in [-0.15, -0.1) is 11.3 Å². The lowest BCUT2D eigenvalue weighted by atomic mass is 9.47. The Balaban J connectivity index is 1.70. The molecule has 7 nitrogen and oxygen atoms in total. The van der Waals surface area contributed by atoms with E-state index in [4.69, 9.17) is 4.98 Å². The van der Waals surface area contributed by atoms with Crippen LogP contribution in [0.2, 0.25) is 0 Å². The van der Waals surface area contributed by atoms with E-state index in [1.165, 1.54) is 23.1 Å². The maximum Gasteiger partial charge on any atom is 0.236 e. The molecule has 4 N–H and O–H groups in total. The van der Waals surface area contributed by atoms with Gasteiger partial charge in [0.2, 0.25) is 11.8 Å². The first-order valence-corrected chi connectivity index (χ1v) is 13.8. The first kappa shape index (κ1) is 25.2. The predicted octanol–water partition coefficient (Wildman–Crippen LogP) is 3.89. The number of benzene rings is 1. The lowest BCUT2D eigenvalue weighted by Crippen LogP contribution is -2.57. The van der Waals surface area contributed by atoms with E-state index in [0.717, 1.165) is 22.7 Å². The second kappa shape index (κ2) is 9.97. The van der Waals surface area contributed by atoms with Crippen LogP contribution in [0.4, 0.5) is 10.8 Å². The zero-order valence-electron chi connectivity index (χ0n) is 19.8. The number of aliphatic hydroxyl groups excluding tert-OH is 2. The van der Waals surface area contributed by atoms with Gasteiger partial charge in [-0.25, -0.2) is 4.98 Å². The Hall–Kier alpha value is -1.94. The van der Waals surface area contributed by atoms with Crippen molar-refractivity contribution >= 4 is 45.7 Å². The van der Waals surface area contributed by atoms with Gasteiger partial charge in [0.15, 0.2) is 5.13 Å². The molecule has 4 rings (SSSR count). The summed E-state index contributed by atoms with van der Waals surface area (Å²) in [6.07, 6.45) is 3.48. The number of nitrogens with zero attached hydrogens (tertiary/aromatic N) is 1. The second-order valence-electron chi connectivity index (χ2n) is 9.96. The van der Waals surface area contributed by atoms with Crippen molar-refractivity contribution in [2.75, 3.05) is 29.2 Å². The van der Waals surface area contributed by atoms with Crippen molar-refractivity contribution in [3.05, 3.63) is 40.9 Å². The van der Waals surface area contributed by atoms with E-state index in [2.05, 4.69) is 17.6 Å². The lowest BCUT2D eigenvalue weighted by Gasteiger charge is -2.58. The molecule has 1 fully saturated rings. The molecule has 0 aliphatic heterocycles. The van der Waals surface area contributed by atoms with E-state index >= 15 is 0 Å². The zero-order chi connectivity index (χ0) is 24.5. The number of carbonyl (C=O) groups excluding carboxylic acids is 2. The summed E-state index contributed by atoms with van der Waals surface area (Å²) in [6, 6.07) is 9.38. The Morgan fingerprint density at radius 3 is 2.62 bits per heavy atom. The minimum Gasteiger partial charge on any atom is -0.396 e. The van der Waals surface area contributed by atoms with Crippen LogP contribution >= 0.6 is 23.1 Å². The molecule has 5 atom stereocenters. The van der Waals surface area contributed by atoms with E-state index in [-0.39, 0.29) is 42.1 Å². The van der Waals surface area contributed by atoms with Gasteiger partial charge in [-0.2, -0.15) is 11.8 Å². The summed E-state index contributed by atoms with van der Waals surface area (Å²) in [5.74, 6) is -0.0581. The lowest BCUT2D eigenvalue weighted by molar-refractivity contribution is -0.143. The van der Waals surface area contributed by atoms with Crippen molar-refractivity contribution in [2.24, 2.45) is 16.7 Å². The summed E-state index contributed by atoms with van der Waals surface area (Å²) in [5.41, 5.74) is 0.605. The Morgan fingerprint density at radius 1 is 1.21 bits per heavy atom. The number of nitrogens with one attached hydrogen (secondary N) is 2. The number of hydrogen-bond donors (Lipinski definition) is 4. The van der Waals surface area contributed by atoms with Crippen LogP contribution in [-0.4, -0.2) is 51.7 Å². The fourth-order valence-corrected chi connectivity index (χ4v) is 7.32. The standard InChI is InChI=1S/C25H33N3O4S2/c1-24-10-9-19(30)25(2,14-29)18(24)12-17-22(28-23(34-17)27-21(32)13-33-3)16(24)11-20(31)26-15-7-5-4-6-8-15/h4-8,16,18-19,29-30H,9-14H2,1-3H3,(H,26,31)(H,27,28,32). The molecule has 2 aliphatic rings. The molecule has 1 aromatic heterocycles. The third-order valence-electron chi connectivity index (χ3n) is 7.86. The smallest absolute Gasteiger partial charge is 0.236 e. The van der Waals surface area contributed by atoms with Crippen LogP contribution in [0.15, 0.2) is 30.3 Å². The van der Waals surface area contributed by atoms with Crippen molar-refractivity contribution in [3.8, 4) is 0 Å². The summed E-state index contributed by atoms with van der Waals surface area (Å²) >= 11 is 2.89. The number of thiazole rings is 1. The zero-order valence-corrected chi connectivity index (χ0v) is 21.5. The van der Waals surface area contributed by atoms with Crippen LogP contribution in [0, 0.1) is 16.7 Å². The normalized spacial score (nSPS) is 30.2. The van der Waals surface area contributed by atoms with Crippen molar-refractivity contribution < 1.29 is 19.8 Å². The van der Waals surface area contributed by atoms with Gasteiger partial charge in [0.05, 0.1) is 24.2 Å². The predicted molar refractivity (Wildman–Crippen MR) is 137 cm³/mol. The highest BCUT2D eigenvalue weighted by Crippen LogP contribution is 2.62. The summed E-state index contributed by atoms with van der Waals surface area (Å²) < 4.78 is 0. The van der Waals surface area contributed by atoms with Gasteiger partial charge in [0, 0.05) is 28.3 Å². The van der Waals surface area contributed by atoms with Crippen molar-refractivity contribution in [1.29, 1.82) is 0 Å². The molecule has 0 saturated heterocycles. The molecule has 1 aromatic carbocycles. The fraction of sp³-hybridized carbons (Fsp3) is 0.560. The van der Waals surface area contributed by atoms with Gasteiger partial charge in [-0.05, 0) is 49.0 Å². The Kier molecular flexibility index (Phi) is 7.38. The average molecular weight is 504 g/mol. The van der Waals surface area contributed by atoms with E-state index in [1.807, 2.05) is 43.5 Å². The average Bonchev–Trinajstić information content (AvgIpc) is 3.20. The number of anilines is 2. The van der Waals surface area contributed by atoms with Crippen LogP contribution in [-0.2, 0) is 16.0 Å². The minimum atomic E-state index is -0.675. The SMILES string of the molecule is CSCC(=O)Nc1nc2c(s1)CC1C(C)(CO)C(O)CCC1(C)C2CC(=O)Nc1ccccc1. The van der Waals surface area contributed by atoms with Crippen LogP contribution in [0.25, 0.3) is 0 Å². The molecule has 0 bridgehead atoms. The molecular weight excluding hydrogens is 470 g/mol. The third kappa shape index (κ3) is 4.63. The summed E-state index contributed by atoms with van der Waals surface area (Å²) in [5, 5.41) is 27.7. The number of thioether (sulfide) groups is 1. The number of fused-ring (bicyclic) bond motifs is 2. The summed E-state index contributed by atoms with van der Waals surface area (Å²) in [4.78, 5) is 31.2. The molecular formula is C25H33N3O4S2. The highest BCUT2D eigenvalue weighted by molar-refractivity contribution is 7.99. The number of carbonyl (C=O) groups is 2. The molecule has 184 valence electrons. The van der Waals surface area contributed by atoms with Crippen LogP contribution in [0.1, 0.15) is 49.6 Å². The quantitative estimate of drug-likeness (QED) is 0.456. The molecule has 2 aromatic rings. The molecule has 1 heterocycles. The maximum absolute atomic E-state index is 13.2. The van der Waals surface area contributed by atoms with Gasteiger partial charge in [0.25, 0.3) is 0 Å². The molecule has 0 radical (unpaired) electrons. The van der Waals surface area contributed by atoms with Gasteiger partial charge >= 0.3 is 0 Å². The van der Waals surface area contributed by atoms with Gasteiger partial charge in [0.1, 0.15) is 0 Å². The molecule has 34 heavy (non-hydrogen) atoms. The largest absolute Gasteiger partial charge is 0.396 e. The molecule has 0 spiro atoms. The van der Waals surface area contributed by atoms with Gasteiger partial charge in [-0.3, -0.25) is 9.59 Å². The van der Waals surface area contributed by atoms with Gasteiger partial charge in [-0.1, -0.05) is 32.0 Å². The number of rotatable bonds is 7. The Bertz CT molecular complexity index is 1050. The van der Waals surface area contributed by atoms with Crippen LogP contribution in [0.3, 0.4) is 0 Å². The Labute approximate surface area is 208 Å². The monoisotopic (exact) mass is 503 g/mol. The van der Waals surface area contributed by atoms with Crippen molar-refractivity contribution in [3.63, 3.8) is 0 Å². The number of aromatic nitrogens is 1. The Morgan fingerprint density at radius 2 is 1.94 bits per heavy atom. The fourth-order valence-electron chi connectivity index (χ4n) is 5.90. The first-order valence-electron chi connectivity index (χ1n) is 11.6. The van der Waals surface area contributed by atoms with E-state index < -0.39 is 11.5 Å². The third-order valence-corrected chi connectivity index (χ3v) is 9.42.